The molecule has 2 heterocycles. The Morgan fingerprint density at radius 3 is 3.10 bits per heavy atom. The third kappa shape index (κ3) is 1.86. The van der Waals surface area contributed by atoms with Crippen molar-refractivity contribution < 1.29 is 0 Å². The zero-order chi connectivity index (χ0) is 13.9. The number of likely N-dealkylation sites (tertiary alicyclic amines) is 1. The van der Waals surface area contributed by atoms with Crippen molar-refractivity contribution in [2.75, 3.05) is 18.0 Å². The number of hydrogen-bond donors (Lipinski definition) is 1. The smallest absolute Gasteiger partial charge is 0.110 e. The Morgan fingerprint density at radius 2 is 2.30 bits per heavy atom. The van der Waals surface area contributed by atoms with E-state index in [9.17, 15) is 0 Å². The lowest BCUT2D eigenvalue weighted by molar-refractivity contribution is 0.122. The Bertz CT molecular complexity index is 666. The maximum absolute atomic E-state index is 6.43. The van der Waals surface area contributed by atoms with Gasteiger partial charge in [-0.25, -0.2) is 0 Å². The van der Waals surface area contributed by atoms with Crippen molar-refractivity contribution in [3.8, 4) is 0 Å². The van der Waals surface area contributed by atoms with E-state index in [0.29, 0.717) is 12.0 Å². The number of rotatable bonds is 1. The Labute approximate surface area is 138 Å². The monoisotopic (exact) mass is 400 g/mol. The van der Waals surface area contributed by atoms with E-state index in [4.69, 9.17) is 11.6 Å². The van der Waals surface area contributed by atoms with Gasteiger partial charge in [0.1, 0.15) is 5.15 Å². The maximum Gasteiger partial charge on any atom is 0.110 e. The van der Waals surface area contributed by atoms with E-state index in [-0.39, 0.29) is 0 Å². The topological polar surface area (TPSA) is 19.0 Å². The van der Waals surface area contributed by atoms with Crippen LogP contribution in [0.2, 0.25) is 5.15 Å². The van der Waals surface area contributed by atoms with Gasteiger partial charge in [-0.05, 0) is 43.0 Å². The third-order valence-electron chi connectivity index (χ3n) is 5.10. The van der Waals surface area contributed by atoms with Crippen LogP contribution in [0.15, 0.2) is 18.2 Å². The van der Waals surface area contributed by atoms with Crippen LogP contribution in [0.25, 0.3) is 10.9 Å². The quantitative estimate of drug-likeness (QED) is 0.561. The first-order valence-corrected chi connectivity index (χ1v) is 9.14. The lowest BCUT2D eigenvalue weighted by Crippen LogP contribution is -2.48. The number of piperidine rings is 1. The van der Waals surface area contributed by atoms with E-state index in [1.165, 1.54) is 39.4 Å². The van der Waals surface area contributed by atoms with Crippen molar-refractivity contribution in [3.63, 3.8) is 0 Å². The third-order valence-corrected chi connectivity index (χ3v) is 6.67. The molecule has 1 aliphatic carbocycles. The number of nitrogens with zero attached hydrogens (tertiary/aromatic N) is 1. The van der Waals surface area contributed by atoms with Crippen molar-refractivity contribution in [3.05, 3.63) is 34.5 Å². The first-order valence-electron chi connectivity index (χ1n) is 7.24. The normalized spacial score (nSPS) is 29.6. The number of alkyl halides is 1. The lowest BCUT2D eigenvalue weighted by atomic mass is 9.73. The van der Waals surface area contributed by atoms with Gasteiger partial charge >= 0.3 is 0 Å². The van der Waals surface area contributed by atoms with Gasteiger partial charge in [-0.15, -0.1) is 0 Å². The van der Waals surface area contributed by atoms with E-state index in [2.05, 4.69) is 57.7 Å². The molecule has 1 aliphatic heterocycles. The lowest BCUT2D eigenvalue weighted by Gasteiger charge is -2.45. The van der Waals surface area contributed by atoms with E-state index >= 15 is 0 Å². The van der Waals surface area contributed by atoms with Crippen molar-refractivity contribution in [2.45, 2.75) is 24.8 Å². The Hall–Kier alpha value is -0.260. The SMILES string of the molecule is CN1CC(CI)C[C@H]2c3cccc4[nH]c(Cl)c(c34)C[C@@H]21. The predicted octanol–water partition coefficient (Wildman–Crippen LogP) is 4.22. The summed E-state index contributed by atoms with van der Waals surface area (Å²) in [6.07, 6.45) is 2.41. The summed E-state index contributed by atoms with van der Waals surface area (Å²) < 4.78 is 1.25. The van der Waals surface area contributed by atoms with Crippen LogP contribution in [0.5, 0.6) is 0 Å². The molecule has 2 aliphatic rings. The number of likely N-dealkylation sites (N-methyl/N-ethyl adjacent to an activating group) is 1. The fourth-order valence-electron chi connectivity index (χ4n) is 4.21. The van der Waals surface area contributed by atoms with E-state index in [0.717, 1.165) is 17.5 Å². The highest BCUT2D eigenvalue weighted by Crippen LogP contribution is 2.46. The summed E-state index contributed by atoms with van der Waals surface area (Å²) in [5.41, 5.74) is 4.05. The second-order valence-corrected chi connectivity index (χ2v) is 7.52. The first-order chi connectivity index (χ1) is 9.69. The molecule has 1 unspecified atom stereocenters. The van der Waals surface area contributed by atoms with Gasteiger partial charge in [-0.3, -0.25) is 0 Å². The van der Waals surface area contributed by atoms with Gasteiger partial charge in [-0.1, -0.05) is 46.3 Å². The van der Waals surface area contributed by atoms with E-state index in [1.807, 2.05) is 0 Å². The first kappa shape index (κ1) is 13.4. The van der Waals surface area contributed by atoms with Gasteiger partial charge in [0, 0.05) is 33.8 Å². The predicted molar refractivity (Wildman–Crippen MR) is 93.2 cm³/mol. The molecule has 106 valence electrons. The van der Waals surface area contributed by atoms with Gasteiger partial charge in [0.2, 0.25) is 0 Å². The van der Waals surface area contributed by atoms with Gasteiger partial charge in [-0.2, -0.15) is 0 Å². The molecule has 0 spiro atoms. The summed E-state index contributed by atoms with van der Waals surface area (Å²) >= 11 is 8.97. The number of nitrogens with one attached hydrogen (secondary N) is 1. The molecule has 4 heteroatoms. The summed E-state index contributed by atoms with van der Waals surface area (Å²) in [7, 11) is 2.28. The van der Waals surface area contributed by atoms with Crippen LogP contribution in [0.1, 0.15) is 23.5 Å². The molecule has 0 saturated carbocycles. The fourth-order valence-corrected chi connectivity index (χ4v) is 5.12. The minimum absolute atomic E-state index is 0.612. The Morgan fingerprint density at radius 1 is 1.45 bits per heavy atom. The van der Waals surface area contributed by atoms with Crippen molar-refractivity contribution in [1.29, 1.82) is 0 Å². The summed E-state index contributed by atoms with van der Waals surface area (Å²) in [4.78, 5) is 5.91. The van der Waals surface area contributed by atoms with Crippen LogP contribution in [0, 0.1) is 5.92 Å². The number of halogens is 2. The molecule has 4 rings (SSSR count). The summed E-state index contributed by atoms with van der Waals surface area (Å²) in [6, 6.07) is 7.25. The van der Waals surface area contributed by atoms with Crippen molar-refractivity contribution in [2.24, 2.45) is 5.92 Å². The molecular formula is C16H18ClIN2. The average molecular weight is 401 g/mol. The van der Waals surface area contributed by atoms with Crippen LogP contribution >= 0.6 is 34.2 Å². The highest BCUT2D eigenvalue weighted by Gasteiger charge is 2.39. The molecule has 0 amide bonds. The molecule has 1 N–H and O–H groups in total. The number of H-pyrrole nitrogens is 1. The number of fused-ring (bicyclic) bond motifs is 2. The van der Waals surface area contributed by atoms with Gasteiger partial charge in [0.15, 0.2) is 0 Å². The van der Waals surface area contributed by atoms with Crippen LogP contribution in [0.4, 0.5) is 0 Å². The zero-order valence-corrected chi connectivity index (χ0v) is 14.4. The molecule has 20 heavy (non-hydrogen) atoms. The van der Waals surface area contributed by atoms with Crippen molar-refractivity contribution >= 4 is 45.1 Å². The maximum atomic E-state index is 6.43. The number of hydrogen-bond acceptors (Lipinski definition) is 1. The summed E-state index contributed by atoms with van der Waals surface area (Å²) in [5, 5.41) is 2.25. The van der Waals surface area contributed by atoms with E-state index < -0.39 is 0 Å². The fraction of sp³-hybridized carbons (Fsp3) is 0.500. The summed E-state index contributed by atoms with van der Waals surface area (Å²) in [6.45, 7) is 1.22. The van der Waals surface area contributed by atoms with Crippen LogP contribution in [-0.2, 0) is 6.42 Å². The van der Waals surface area contributed by atoms with Crippen LogP contribution in [-0.4, -0.2) is 33.9 Å². The molecule has 1 aromatic heterocycles. The van der Waals surface area contributed by atoms with Crippen LogP contribution < -0.4 is 0 Å². The largest absolute Gasteiger partial charge is 0.345 e. The number of benzene rings is 1. The van der Waals surface area contributed by atoms with Gasteiger partial charge < -0.3 is 9.88 Å². The van der Waals surface area contributed by atoms with Crippen LogP contribution in [0.3, 0.4) is 0 Å². The molecule has 2 nitrogen and oxygen atoms in total. The van der Waals surface area contributed by atoms with E-state index in [1.54, 1.807) is 0 Å². The molecular weight excluding hydrogens is 383 g/mol. The number of aromatic nitrogens is 1. The highest BCUT2D eigenvalue weighted by molar-refractivity contribution is 14.1. The molecule has 2 aromatic rings. The minimum Gasteiger partial charge on any atom is -0.345 e. The average Bonchev–Trinajstić information content (AvgIpc) is 2.77. The molecule has 1 aromatic carbocycles. The highest BCUT2D eigenvalue weighted by atomic mass is 127. The standard InChI is InChI=1S/C16H18ClIN2/c1-20-8-9(7-18)5-11-10-3-2-4-13-15(10)12(6-14(11)20)16(17)19-13/h2-4,9,11,14,19H,5-8H2,1H3/t9?,11-,14-/m0/s1. The van der Waals surface area contributed by atoms with Gasteiger partial charge in [0.25, 0.3) is 0 Å². The second kappa shape index (κ2) is 4.89. The second-order valence-electron chi connectivity index (χ2n) is 6.26. The molecule has 0 bridgehead atoms. The molecule has 0 radical (unpaired) electrons. The molecule has 1 fully saturated rings. The Kier molecular flexibility index (Phi) is 3.28. The van der Waals surface area contributed by atoms with Gasteiger partial charge in [0.05, 0.1) is 0 Å². The number of aromatic amines is 1. The van der Waals surface area contributed by atoms with Crippen molar-refractivity contribution in [1.82, 2.24) is 9.88 Å². The Balaban J connectivity index is 1.89. The zero-order valence-electron chi connectivity index (χ0n) is 11.5. The summed E-state index contributed by atoms with van der Waals surface area (Å²) in [5.74, 6) is 1.48. The molecule has 3 atom stereocenters. The minimum atomic E-state index is 0.612. The molecule has 1 saturated heterocycles.